The summed E-state index contributed by atoms with van der Waals surface area (Å²) >= 11 is 0. The van der Waals surface area contributed by atoms with Gasteiger partial charge in [-0.2, -0.15) is 0 Å². The van der Waals surface area contributed by atoms with E-state index in [0.717, 1.165) is 0 Å². The topological polar surface area (TPSA) is 30.5 Å². The van der Waals surface area contributed by atoms with Crippen LogP contribution in [0.15, 0.2) is 0 Å². The molecule has 0 aliphatic carbocycles. The Morgan fingerprint density at radius 1 is 1.20 bits per heavy atom. The number of rotatable bonds is 2. The summed E-state index contributed by atoms with van der Waals surface area (Å²) < 4.78 is 0. The van der Waals surface area contributed by atoms with Gasteiger partial charge in [0.1, 0.15) is 0 Å². The third-order valence-electron chi connectivity index (χ3n) is 0.167. The molecule has 0 atom stereocenters. The van der Waals surface area contributed by atoms with Gasteiger partial charge in [-0.15, -0.1) is 0 Å². The molecule has 0 saturated carbocycles. The highest BCUT2D eigenvalue weighted by molar-refractivity contribution is 3.62. The fourth-order valence-electron chi connectivity index (χ4n) is 0.0833. The maximum Gasteiger partial charge on any atom is 0.0599 e. The molecular formula is C2H7NO2. The van der Waals surface area contributed by atoms with E-state index >= 15 is 0 Å². The molecule has 0 unspecified atom stereocenters. The molecule has 0 saturated heterocycles. The molecule has 0 spiro atoms. The van der Waals surface area contributed by atoms with Gasteiger partial charge in [-0.3, -0.25) is 9.68 Å². The van der Waals surface area contributed by atoms with Crippen LogP contribution in [0.2, 0.25) is 0 Å². The Hall–Kier alpha value is -0.120. The zero-order chi connectivity index (χ0) is 4.12. The monoisotopic (exact) mass is 77.0 g/mol. The summed E-state index contributed by atoms with van der Waals surface area (Å²) in [5.74, 6) is 0. The van der Waals surface area contributed by atoms with E-state index in [9.17, 15) is 0 Å². The quantitative estimate of drug-likeness (QED) is 0.459. The Bertz CT molecular complexity index is 15.1. The molecule has 0 aliphatic rings. The predicted octanol–water partition coefficient (Wildman–Crippen LogP) is -0.301. The summed E-state index contributed by atoms with van der Waals surface area (Å²) in [5, 5.41) is 0. The van der Waals surface area contributed by atoms with Crippen molar-refractivity contribution >= 4 is 0 Å². The summed E-state index contributed by atoms with van der Waals surface area (Å²) in [6.45, 7) is 0. The van der Waals surface area contributed by atoms with Crippen molar-refractivity contribution in [1.29, 1.82) is 0 Å². The van der Waals surface area contributed by atoms with Crippen LogP contribution >= 0.6 is 0 Å². The lowest BCUT2D eigenvalue weighted by Crippen LogP contribution is -2.07. The predicted molar refractivity (Wildman–Crippen MR) is 17.2 cm³/mol. The molecule has 0 aromatic heterocycles. The van der Waals surface area contributed by atoms with E-state index in [1.807, 2.05) is 0 Å². The fraction of sp³-hybridized carbons (Fsp3) is 1.00. The first kappa shape index (κ1) is 4.88. The van der Waals surface area contributed by atoms with Crippen molar-refractivity contribution in [3.63, 3.8) is 0 Å². The van der Waals surface area contributed by atoms with Gasteiger partial charge in [-0.05, 0) is 0 Å². The van der Waals surface area contributed by atoms with E-state index in [0.29, 0.717) is 0 Å². The van der Waals surface area contributed by atoms with Crippen molar-refractivity contribution in [3.05, 3.63) is 0 Å². The molecule has 5 heavy (non-hydrogen) atoms. The van der Waals surface area contributed by atoms with E-state index in [4.69, 9.17) is 0 Å². The first-order valence-electron chi connectivity index (χ1n) is 1.22. The lowest BCUT2D eigenvalue weighted by molar-refractivity contribution is -0.130. The van der Waals surface area contributed by atoms with Gasteiger partial charge < -0.3 is 0 Å². The average molecular weight is 77.1 g/mol. The second-order valence-corrected chi connectivity index (χ2v) is 0.492. The molecule has 3 heteroatoms. The van der Waals surface area contributed by atoms with Crippen molar-refractivity contribution in [2.45, 2.75) is 0 Å². The highest BCUT2D eigenvalue weighted by Gasteiger charge is 1.58. The summed E-state index contributed by atoms with van der Waals surface area (Å²) in [6.07, 6.45) is 0. The second-order valence-electron chi connectivity index (χ2n) is 0.492. The summed E-state index contributed by atoms with van der Waals surface area (Å²) in [4.78, 5) is 8.44. The van der Waals surface area contributed by atoms with Crippen molar-refractivity contribution in [3.8, 4) is 0 Å². The molecule has 0 rings (SSSR count). The van der Waals surface area contributed by atoms with Crippen molar-refractivity contribution in [2.75, 3.05) is 14.2 Å². The molecule has 0 heterocycles. The van der Waals surface area contributed by atoms with Crippen molar-refractivity contribution < 1.29 is 9.68 Å². The average Bonchev–Trinajstić information content (AvgIpc) is 1.41. The van der Waals surface area contributed by atoms with Gasteiger partial charge in [-0.25, -0.2) is 0 Å². The first-order valence-corrected chi connectivity index (χ1v) is 1.22. The molecule has 0 amide bonds. The molecule has 32 valence electrons. The summed E-state index contributed by atoms with van der Waals surface area (Å²) in [6, 6.07) is 0. The molecule has 0 bridgehead atoms. The van der Waals surface area contributed by atoms with Crippen LogP contribution in [0.4, 0.5) is 0 Å². The Kier molecular flexibility index (Phi) is 3.79. The van der Waals surface area contributed by atoms with Crippen LogP contribution in [-0.2, 0) is 9.68 Å². The fourth-order valence-corrected chi connectivity index (χ4v) is 0.0833. The standard InChI is InChI=1S/C2H7NO2/c1-4-3-5-2/h3H,1-2H3. The Morgan fingerprint density at radius 2 is 1.60 bits per heavy atom. The highest BCUT2D eigenvalue weighted by atomic mass is 16.9. The minimum Gasteiger partial charge on any atom is -0.280 e. The van der Waals surface area contributed by atoms with E-state index in [1.54, 1.807) is 0 Å². The van der Waals surface area contributed by atoms with Crippen LogP contribution in [0.1, 0.15) is 0 Å². The molecule has 1 N–H and O–H groups in total. The van der Waals surface area contributed by atoms with E-state index < -0.39 is 0 Å². The molecule has 0 aliphatic heterocycles. The largest absolute Gasteiger partial charge is 0.280 e. The van der Waals surface area contributed by atoms with Crippen LogP contribution in [0.5, 0.6) is 0 Å². The van der Waals surface area contributed by atoms with Gasteiger partial charge in [0.15, 0.2) is 0 Å². The van der Waals surface area contributed by atoms with Gasteiger partial charge >= 0.3 is 0 Å². The lowest BCUT2D eigenvalue weighted by atomic mass is 11.7. The van der Waals surface area contributed by atoms with Crippen LogP contribution in [0.25, 0.3) is 0 Å². The molecule has 3 nitrogen and oxygen atoms in total. The number of hydrogen-bond acceptors (Lipinski definition) is 3. The first-order chi connectivity index (χ1) is 2.41. The van der Waals surface area contributed by atoms with Crippen LogP contribution in [-0.4, -0.2) is 14.2 Å². The van der Waals surface area contributed by atoms with E-state index in [1.165, 1.54) is 14.2 Å². The van der Waals surface area contributed by atoms with Gasteiger partial charge in [0.2, 0.25) is 0 Å². The molecule has 0 aromatic rings. The van der Waals surface area contributed by atoms with Crippen LogP contribution < -0.4 is 5.64 Å². The molecule has 0 fully saturated rings. The van der Waals surface area contributed by atoms with Crippen LogP contribution in [0.3, 0.4) is 0 Å². The molecular weight excluding hydrogens is 70.0 g/mol. The maximum atomic E-state index is 4.22. The Morgan fingerprint density at radius 3 is 1.60 bits per heavy atom. The maximum absolute atomic E-state index is 4.22. The van der Waals surface area contributed by atoms with Gasteiger partial charge in [0, 0.05) is 0 Å². The van der Waals surface area contributed by atoms with Crippen molar-refractivity contribution in [1.82, 2.24) is 5.64 Å². The molecule has 0 aromatic carbocycles. The highest BCUT2D eigenvalue weighted by Crippen LogP contribution is 1.46. The normalized spacial score (nSPS) is 8.40. The van der Waals surface area contributed by atoms with E-state index in [-0.39, 0.29) is 0 Å². The third kappa shape index (κ3) is 3.88. The second kappa shape index (κ2) is 3.88. The Balaban J connectivity index is 2.19. The van der Waals surface area contributed by atoms with Gasteiger partial charge in [0.05, 0.1) is 14.2 Å². The van der Waals surface area contributed by atoms with Crippen molar-refractivity contribution in [2.24, 2.45) is 0 Å². The van der Waals surface area contributed by atoms with Gasteiger partial charge in [0.25, 0.3) is 0 Å². The summed E-state index contributed by atoms with van der Waals surface area (Å²) in [7, 11) is 2.95. The number of hydrogen-bond donors (Lipinski definition) is 1. The smallest absolute Gasteiger partial charge is 0.0599 e. The minimum absolute atomic E-state index is 1.48. The third-order valence-corrected chi connectivity index (χ3v) is 0.167. The van der Waals surface area contributed by atoms with Crippen LogP contribution in [0, 0.1) is 0 Å². The zero-order valence-electron chi connectivity index (χ0n) is 3.32. The zero-order valence-corrected chi connectivity index (χ0v) is 3.32. The van der Waals surface area contributed by atoms with E-state index in [2.05, 4.69) is 15.3 Å². The molecule has 0 radical (unpaired) electrons. The lowest BCUT2D eigenvalue weighted by Gasteiger charge is -1.89. The summed E-state index contributed by atoms with van der Waals surface area (Å²) in [5.41, 5.74) is 2.11. The number of nitrogens with one attached hydrogen (secondary N) is 1. The minimum atomic E-state index is 1.48. The van der Waals surface area contributed by atoms with Gasteiger partial charge in [-0.1, -0.05) is 5.64 Å². The Labute approximate surface area is 30.8 Å². The SMILES string of the molecule is CONOC.